The fourth-order valence-electron chi connectivity index (χ4n) is 4.49. The zero-order valence-corrected chi connectivity index (χ0v) is 18.6. The van der Waals surface area contributed by atoms with Gasteiger partial charge in [0.1, 0.15) is 5.51 Å². The first kappa shape index (κ1) is 20.6. The first-order valence-corrected chi connectivity index (χ1v) is 11.8. The van der Waals surface area contributed by atoms with E-state index in [9.17, 15) is 9.59 Å². The van der Waals surface area contributed by atoms with Crippen LogP contribution in [-0.2, 0) is 17.8 Å². The summed E-state index contributed by atoms with van der Waals surface area (Å²) < 4.78 is 0. The molecule has 2 aliphatic heterocycles. The van der Waals surface area contributed by atoms with E-state index in [1.54, 1.807) is 5.51 Å². The maximum atomic E-state index is 13.0. The highest BCUT2D eigenvalue weighted by molar-refractivity contribution is 7.13. The molecule has 1 N–H and O–H groups in total. The summed E-state index contributed by atoms with van der Waals surface area (Å²) >= 11 is 1.30. The van der Waals surface area contributed by atoms with E-state index < -0.39 is 0 Å². The molecule has 0 atom stereocenters. The van der Waals surface area contributed by atoms with E-state index in [2.05, 4.69) is 44.7 Å². The molecule has 3 heterocycles. The van der Waals surface area contributed by atoms with Gasteiger partial charge in [-0.05, 0) is 54.7 Å². The molecule has 0 unspecified atom stereocenters. The van der Waals surface area contributed by atoms with Crippen LogP contribution in [0.5, 0.6) is 0 Å². The largest absolute Gasteiger partial charge is 0.367 e. The van der Waals surface area contributed by atoms with E-state index in [0.29, 0.717) is 36.6 Å². The van der Waals surface area contributed by atoms with E-state index in [1.807, 2.05) is 29.2 Å². The van der Waals surface area contributed by atoms with Crippen molar-refractivity contribution in [1.29, 1.82) is 0 Å². The van der Waals surface area contributed by atoms with Gasteiger partial charge in [-0.1, -0.05) is 35.6 Å². The summed E-state index contributed by atoms with van der Waals surface area (Å²) in [5.41, 5.74) is 6.23. The third kappa shape index (κ3) is 4.36. The number of rotatable bonds is 4. The number of nitrogens with one attached hydrogen (secondary N) is 1. The monoisotopic (exact) mass is 447 g/mol. The third-order valence-electron chi connectivity index (χ3n) is 6.35. The number of piperidine rings is 1. The Bertz CT molecular complexity index is 1090. The van der Waals surface area contributed by atoms with E-state index in [1.165, 1.54) is 22.5 Å². The Morgan fingerprint density at radius 3 is 2.44 bits per heavy atom. The highest BCUT2D eigenvalue weighted by atomic mass is 32.1. The summed E-state index contributed by atoms with van der Waals surface area (Å²) in [7, 11) is 0. The summed E-state index contributed by atoms with van der Waals surface area (Å²) in [5.74, 6) is -0.114. The fraction of sp³-hybridized carbons (Fsp3) is 0.333. The normalized spacial score (nSPS) is 16.5. The van der Waals surface area contributed by atoms with Gasteiger partial charge in [-0.3, -0.25) is 9.59 Å². The number of anilines is 2. The van der Waals surface area contributed by atoms with E-state index >= 15 is 0 Å². The smallest absolute Gasteiger partial charge is 0.253 e. The fourth-order valence-corrected chi connectivity index (χ4v) is 4.94. The molecule has 0 bridgehead atoms. The lowest BCUT2D eigenvalue weighted by atomic mass is 9.95. The van der Waals surface area contributed by atoms with Crippen molar-refractivity contribution in [2.75, 3.05) is 29.9 Å². The maximum absolute atomic E-state index is 13.0. The van der Waals surface area contributed by atoms with Crippen LogP contribution in [0.15, 0.2) is 54.0 Å². The number of amides is 2. The Balaban J connectivity index is 1.16. The van der Waals surface area contributed by atoms with Crippen molar-refractivity contribution in [1.82, 2.24) is 15.1 Å². The topological polar surface area (TPSA) is 78.4 Å². The van der Waals surface area contributed by atoms with Gasteiger partial charge in [0.25, 0.3) is 5.91 Å². The molecule has 1 saturated heterocycles. The van der Waals surface area contributed by atoms with Crippen molar-refractivity contribution in [2.24, 2.45) is 5.92 Å². The van der Waals surface area contributed by atoms with Gasteiger partial charge in [0, 0.05) is 43.3 Å². The number of aromatic nitrogens is 2. The number of nitrogens with zero attached hydrogens (tertiary/aromatic N) is 4. The molecule has 2 aromatic carbocycles. The van der Waals surface area contributed by atoms with Crippen molar-refractivity contribution in [3.63, 3.8) is 0 Å². The minimum atomic E-state index is -0.104. The lowest BCUT2D eigenvalue weighted by molar-refractivity contribution is -0.121. The van der Waals surface area contributed by atoms with Crippen LogP contribution in [0.4, 0.5) is 10.8 Å². The Morgan fingerprint density at radius 2 is 1.72 bits per heavy atom. The number of likely N-dealkylation sites (tertiary alicyclic amines) is 1. The van der Waals surface area contributed by atoms with E-state index in [0.717, 1.165) is 25.2 Å². The highest BCUT2D eigenvalue weighted by Gasteiger charge is 2.28. The zero-order chi connectivity index (χ0) is 21.9. The van der Waals surface area contributed by atoms with Crippen LogP contribution in [0, 0.1) is 5.92 Å². The van der Waals surface area contributed by atoms with Gasteiger partial charge >= 0.3 is 0 Å². The summed E-state index contributed by atoms with van der Waals surface area (Å²) in [4.78, 5) is 29.6. The van der Waals surface area contributed by atoms with Crippen LogP contribution in [0.1, 0.15) is 34.3 Å². The molecular weight excluding hydrogens is 422 g/mol. The van der Waals surface area contributed by atoms with Crippen LogP contribution in [0.3, 0.4) is 0 Å². The van der Waals surface area contributed by atoms with E-state index in [-0.39, 0.29) is 17.7 Å². The second-order valence-corrected chi connectivity index (χ2v) is 9.12. The quantitative estimate of drug-likeness (QED) is 0.661. The summed E-state index contributed by atoms with van der Waals surface area (Å²) in [6, 6.07) is 16.5. The Morgan fingerprint density at radius 1 is 0.969 bits per heavy atom. The number of benzene rings is 2. The second kappa shape index (κ2) is 9.08. The molecule has 0 aliphatic carbocycles. The van der Waals surface area contributed by atoms with Crippen molar-refractivity contribution in [3.05, 3.63) is 70.7 Å². The number of fused-ring (bicyclic) bond motifs is 1. The Labute approximate surface area is 191 Å². The molecule has 0 spiro atoms. The van der Waals surface area contributed by atoms with Gasteiger partial charge < -0.3 is 15.1 Å². The van der Waals surface area contributed by atoms with Crippen molar-refractivity contribution in [2.45, 2.75) is 25.8 Å². The molecule has 8 heteroatoms. The summed E-state index contributed by atoms with van der Waals surface area (Å²) in [6.45, 7) is 3.04. The molecule has 5 rings (SSSR count). The molecule has 32 heavy (non-hydrogen) atoms. The number of hydrogen-bond acceptors (Lipinski definition) is 6. The Kier molecular flexibility index (Phi) is 5.85. The second-order valence-electron chi connectivity index (χ2n) is 8.29. The van der Waals surface area contributed by atoms with E-state index in [4.69, 9.17) is 0 Å². The molecule has 1 aromatic heterocycles. The average Bonchev–Trinajstić information content (AvgIpc) is 3.36. The molecule has 1 fully saturated rings. The first-order chi connectivity index (χ1) is 15.7. The molecular formula is C24H25N5O2S. The van der Waals surface area contributed by atoms with Gasteiger partial charge in [0.05, 0.1) is 0 Å². The molecule has 2 aliphatic rings. The lowest BCUT2D eigenvalue weighted by Crippen LogP contribution is -2.41. The minimum Gasteiger partial charge on any atom is -0.367 e. The first-order valence-electron chi connectivity index (χ1n) is 11.0. The number of carbonyl (C=O) groups excluding carboxylic acids is 2. The van der Waals surface area contributed by atoms with Gasteiger partial charge in [-0.15, -0.1) is 10.2 Å². The number of hydrogen-bond donors (Lipinski definition) is 1. The van der Waals surface area contributed by atoms with Crippen LogP contribution >= 0.6 is 11.3 Å². The minimum absolute atomic E-state index is 0.0310. The zero-order valence-electron chi connectivity index (χ0n) is 17.7. The molecule has 2 amide bonds. The van der Waals surface area contributed by atoms with Crippen molar-refractivity contribution >= 4 is 34.0 Å². The number of carbonyl (C=O) groups is 2. The molecule has 164 valence electrons. The summed E-state index contributed by atoms with van der Waals surface area (Å²) in [5, 5.41) is 10.9. The van der Waals surface area contributed by atoms with Crippen LogP contribution in [-0.4, -0.2) is 46.5 Å². The van der Waals surface area contributed by atoms with Gasteiger partial charge in [-0.2, -0.15) is 0 Å². The van der Waals surface area contributed by atoms with Crippen LogP contribution < -0.4 is 10.2 Å². The SMILES string of the molecule is O=C(Nc1nncs1)C1CCN(C(=O)c2ccc(N3CCc4ccccc4C3)cc2)CC1. The summed E-state index contributed by atoms with van der Waals surface area (Å²) in [6.07, 6.45) is 2.35. The Hall–Kier alpha value is -3.26. The third-order valence-corrected chi connectivity index (χ3v) is 6.96. The lowest BCUT2D eigenvalue weighted by Gasteiger charge is -2.32. The molecule has 3 aromatic rings. The van der Waals surface area contributed by atoms with Gasteiger partial charge in [0.2, 0.25) is 11.0 Å². The van der Waals surface area contributed by atoms with Gasteiger partial charge in [0.15, 0.2) is 0 Å². The molecule has 0 saturated carbocycles. The average molecular weight is 448 g/mol. The standard InChI is InChI=1S/C24H25N5O2S/c30-22(26-24-27-25-16-32-24)18-10-12-28(13-11-18)23(31)19-5-7-21(8-6-19)29-14-9-17-3-1-2-4-20(17)15-29/h1-8,16,18H,9-15H2,(H,26,27,30). The maximum Gasteiger partial charge on any atom is 0.253 e. The van der Waals surface area contributed by atoms with Crippen molar-refractivity contribution in [3.8, 4) is 0 Å². The predicted molar refractivity (Wildman–Crippen MR) is 125 cm³/mol. The van der Waals surface area contributed by atoms with Gasteiger partial charge in [-0.25, -0.2) is 0 Å². The molecule has 0 radical (unpaired) electrons. The van der Waals surface area contributed by atoms with Crippen molar-refractivity contribution < 1.29 is 9.59 Å². The predicted octanol–water partition coefficient (Wildman–Crippen LogP) is 3.59. The van der Waals surface area contributed by atoms with Crippen LogP contribution in [0.25, 0.3) is 0 Å². The van der Waals surface area contributed by atoms with Crippen LogP contribution in [0.2, 0.25) is 0 Å². The molecule has 7 nitrogen and oxygen atoms in total. The highest BCUT2D eigenvalue weighted by Crippen LogP contribution is 2.26.